The van der Waals surface area contributed by atoms with E-state index in [0.29, 0.717) is 15.1 Å². The van der Waals surface area contributed by atoms with Gasteiger partial charge in [-0.1, -0.05) is 17.7 Å². The predicted molar refractivity (Wildman–Crippen MR) is 66.5 cm³/mol. The number of nitrogens with one attached hydrogen (secondary N) is 2. The number of carbonyl (C=O) groups excluding carboxylic acids is 1. The number of halogens is 2. The Balaban J connectivity index is 2.82. The summed E-state index contributed by atoms with van der Waals surface area (Å²) in [5, 5.41) is 0.314. The van der Waals surface area contributed by atoms with Crippen LogP contribution in [0.5, 0.6) is 0 Å². The van der Waals surface area contributed by atoms with Crippen LogP contribution in [-0.2, 0) is 0 Å². The van der Waals surface area contributed by atoms with Crippen LogP contribution in [-0.4, -0.2) is 11.0 Å². The van der Waals surface area contributed by atoms with Crippen LogP contribution in [0.25, 0.3) is 0 Å². The third-order valence-electron chi connectivity index (χ3n) is 1.50. The first-order valence-corrected chi connectivity index (χ1v) is 5.40. The molecule has 4 N–H and O–H groups in total. The Morgan fingerprint density at radius 3 is 2.73 bits per heavy atom. The summed E-state index contributed by atoms with van der Waals surface area (Å²) in [6, 6.07) is 5.02. The minimum atomic E-state index is -0.408. The molecule has 1 aromatic carbocycles. The maximum absolute atomic E-state index is 11.5. The third-order valence-corrected chi connectivity index (χ3v) is 2.89. The second kappa shape index (κ2) is 5.29. The van der Waals surface area contributed by atoms with Gasteiger partial charge >= 0.3 is 0 Å². The normalized spacial score (nSPS) is 9.47. The number of amides is 1. The van der Waals surface area contributed by atoms with Gasteiger partial charge in [-0.2, -0.15) is 0 Å². The lowest BCUT2D eigenvalue weighted by Crippen LogP contribution is -2.44. The minimum absolute atomic E-state index is 0.0190. The molecule has 7 heteroatoms. The topological polar surface area (TPSA) is 67.2 Å². The fraction of sp³-hybridized carbons (Fsp3) is 0. The molecule has 0 bridgehead atoms. The number of thiocarbonyl (C=S) groups is 1. The van der Waals surface area contributed by atoms with Crippen LogP contribution in [0.1, 0.15) is 10.4 Å². The summed E-state index contributed by atoms with van der Waals surface area (Å²) in [7, 11) is 0. The highest BCUT2D eigenvalue weighted by molar-refractivity contribution is 9.10. The van der Waals surface area contributed by atoms with Crippen molar-refractivity contribution in [2.75, 3.05) is 0 Å². The second-order valence-electron chi connectivity index (χ2n) is 2.54. The van der Waals surface area contributed by atoms with Crippen molar-refractivity contribution >= 4 is 50.8 Å². The number of nitrogens with two attached hydrogens (primary N) is 1. The lowest BCUT2D eigenvalue weighted by Gasteiger charge is -2.08. The quantitative estimate of drug-likeness (QED) is 0.544. The van der Waals surface area contributed by atoms with Gasteiger partial charge in [-0.15, -0.1) is 0 Å². The molecular formula is C8H7BrClN3OS. The number of carbonyl (C=O) groups is 1. The van der Waals surface area contributed by atoms with E-state index in [1.54, 1.807) is 18.2 Å². The Bertz CT molecular complexity index is 413. The van der Waals surface area contributed by atoms with Crippen LogP contribution in [0.3, 0.4) is 0 Å². The van der Waals surface area contributed by atoms with E-state index in [4.69, 9.17) is 17.3 Å². The SMILES string of the molecule is NC(=S)NNC(=O)c1cccc(Br)c1Cl. The average Bonchev–Trinajstić information content (AvgIpc) is 2.18. The number of benzene rings is 1. The van der Waals surface area contributed by atoms with Gasteiger partial charge in [-0.05, 0) is 40.3 Å². The van der Waals surface area contributed by atoms with Crippen LogP contribution in [0, 0.1) is 0 Å². The van der Waals surface area contributed by atoms with E-state index >= 15 is 0 Å². The van der Waals surface area contributed by atoms with Gasteiger partial charge in [0.1, 0.15) is 0 Å². The number of hydrazine groups is 1. The molecule has 0 aliphatic carbocycles. The molecule has 1 rings (SSSR count). The fourth-order valence-corrected chi connectivity index (χ4v) is 1.49. The first kappa shape index (κ1) is 12.2. The van der Waals surface area contributed by atoms with Crippen molar-refractivity contribution in [2.24, 2.45) is 5.73 Å². The standard InChI is InChI=1S/C8H7BrClN3OS/c9-5-3-1-2-4(6(5)10)7(14)12-13-8(11)15/h1-3H,(H,12,14)(H3,11,13,15). The van der Waals surface area contributed by atoms with Crippen molar-refractivity contribution in [2.45, 2.75) is 0 Å². The number of hydrogen-bond acceptors (Lipinski definition) is 2. The van der Waals surface area contributed by atoms with Gasteiger partial charge in [-0.25, -0.2) is 0 Å². The highest BCUT2D eigenvalue weighted by Gasteiger charge is 2.11. The van der Waals surface area contributed by atoms with Gasteiger partial charge < -0.3 is 5.73 Å². The summed E-state index contributed by atoms with van der Waals surface area (Å²) < 4.78 is 0.646. The molecule has 0 saturated heterocycles. The maximum atomic E-state index is 11.5. The van der Waals surface area contributed by atoms with Crippen molar-refractivity contribution in [3.05, 3.63) is 33.3 Å². The molecule has 0 heterocycles. The second-order valence-corrected chi connectivity index (χ2v) is 4.22. The van der Waals surface area contributed by atoms with Crippen molar-refractivity contribution in [3.63, 3.8) is 0 Å². The zero-order valence-electron chi connectivity index (χ0n) is 7.38. The van der Waals surface area contributed by atoms with E-state index in [1.165, 1.54) is 0 Å². The molecule has 0 atom stereocenters. The van der Waals surface area contributed by atoms with E-state index in [0.717, 1.165) is 0 Å². The van der Waals surface area contributed by atoms with Crippen LogP contribution in [0.15, 0.2) is 22.7 Å². The Kier molecular flexibility index (Phi) is 4.31. The van der Waals surface area contributed by atoms with Gasteiger partial charge in [0.2, 0.25) is 0 Å². The molecule has 0 aliphatic heterocycles. The minimum Gasteiger partial charge on any atom is -0.375 e. The summed E-state index contributed by atoms with van der Waals surface area (Å²) in [5.41, 5.74) is 10.1. The largest absolute Gasteiger partial charge is 0.375 e. The van der Waals surface area contributed by atoms with Crippen molar-refractivity contribution < 1.29 is 4.79 Å². The molecule has 0 fully saturated rings. The Morgan fingerprint density at radius 1 is 1.47 bits per heavy atom. The summed E-state index contributed by atoms with van der Waals surface area (Å²) in [4.78, 5) is 11.5. The number of rotatable bonds is 1. The first-order valence-electron chi connectivity index (χ1n) is 3.82. The zero-order chi connectivity index (χ0) is 11.4. The smallest absolute Gasteiger partial charge is 0.271 e. The van der Waals surface area contributed by atoms with Crippen LogP contribution in [0.2, 0.25) is 5.02 Å². The monoisotopic (exact) mass is 307 g/mol. The summed E-state index contributed by atoms with van der Waals surface area (Å²) in [5.74, 6) is -0.408. The van der Waals surface area contributed by atoms with E-state index < -0.39 is 5.91 Å². The predicted octanol–water partition coefficient (Wildman–Crippen LogP) is 1.58. The zero-order valence-corrected chi connectivity index (χ0v) is 10.5. The van der Waals surface area contributed by atoms with Gasteiger partial charge in [0.15, 0.2) is 5.11 Å². The Labute approximate surface area is 105 Å². The van der Waals surface area contributed by atoms with Crippen LogP contribution < -0.4 is 16.6 Å². The molecule has 15 heavy (non-hydrogen) atoms. The van der Waals surface area contributed by atoms with Crippen molar-refractivity contribution in [1.82, 2.24) is 10.9 Å². The highest BCUT2D eigenvalue weighted by atomic mass is 79.9. The molecule has 1 aromatic rings. The molecule has 80 valence electrons. The lowest BCUT2D eigenvalue weighted by molar-refractivity contribution is 0.0944. The molecule has 0 unspecified atom stereocenters. The third kappa shape index (κ3) is 3.33. The molecular weight excluding hydrogens is 302 g/mol. The number of hydrogen-bond donors (Lipinski definition) is 3. The molecule has 1 amide bonds. The summed E-state index contributed by atoms with van der Waals surface area (Å²) in [6.45, 7) is 0. The Morgan fingerprint density at radius 2 is 2.13 bits per heavy atom. The van der Waals surface area contributed by atoms with Gasteiger partial charge in [0, 0.05) is 4.47 Å². The van der Waals surface area contributed by atoms with E-state index in [9.17, 15) is 4.79 Å². The lowest BCUT2D eigenvalue weighted by atomic mass is 10.2. The van der Waals surface area contributed by atoms with Crippen LogP contribution in [0.4, 0.5) is 0 Å². The average molecular weight is 309 g/mol. The molecule has 0 aliphatic rings. The summed E-state index contributed by atoms with van der Waals surface area (Å²) in [6.07, 6.45) is 0. The van der Waals surface area contributed by atoms with Gasteiger partial charge in [-0.3, -0.25) is 15.6 Å². The Hall–Kier alpha value is -0.850. The maximum Gasteiger partial charge on any atom is 0.271 e. The van der Waals surface area contributed by atoms with Crippen molar-refractivity contribution in [1.29, 1.82) is 0 Å². The molecule has 0 radical (unpaired) electrons. The van der Waals surface area contributed by atoms with E-state index in [1.807, 2.05) is 0 Å². The van der Waals surface area contributed by atoms with E-state index in [2.05, 4.69) is 39.0 Å². The van der Waals surface area contributed by atoms with Crippen LogP contribution >= 0.6 is 39.7 Å². The van der Waals surface area contributed by atoms with Gasteiger partial charge in [0.25, 0.3) is 5.91 Å². The highest BCUT2D eigenvalue weighted by Crippen LogP contribution is 2.25. The molecule has 0 aromatic heterocycles. The summed E-state index contributed by atoms with van der Waals surface area (Å²) >= 11 is 13.6. The van der Waals surface area contributed by atoms with Gasteiger partial charge in [0.05, 0.1) is 10.6 Å². The van der Waals surface area contributed by atoms with E-state index in [-0.39, 0.29) is 5.11 Å². The molecule has 0 saturated carbocycles. The molecule has 4 nitrogen and oxygen atoms in total. The van der Waals surface area contributed by atoms with Crippen molar-refractivity contribution in [3.8, 4) is 0 Å². The fourth-order valence-electron chi connectivity index (χ4n) is 0.865. The first-order chi connectivity index (χ1) is 7.02. The molecule has 0 spiro atoms.